The summed E-state index contributed by atoms with van der Waals surface area (Å²) in [6.45, 7) is 8.32. The lowest BCUT2D eigenvalue weighted by atomic mass is 9.86. The molecule has 2 N–H and O–H groups in total. The predicted octanol–water partition coefficient (Wildman–Crippen LogP) is 2.63. The lowest BCUT2D eigenvalue weighted by molar-refractivity contribution is 0.285. The molecule has 1 unspecified atom stereocenters. The second-order valence-electron chi connectivity index (χ2n) is 4.37. The van der Waals surface area contributed by atoms with Crippen molar-refractivity contribution in [2.75, 3.05) is 0 Å². The zero-order valence-corrected chi connectivity index (χ0v) is 8.22. The molecule has 2 nitrogen and oxygen atoms in total. The van der Waals surface area contributed by atoms with E-state index in [-0.39, 0.29) is 11.5 Å². The highest BCUT2D eigenvalue weighted by Gasteiger charge is 2.24. The lowest BCUT2D eigenvalue weighted by Gasteiger charge is -2.24. The molecule has 1 aromatic rings. The first-order valence-corrected chi connectivity index (χ1v) is 4.22. The molecule has 1 aromatic heterocycles. The van der Waals surface area contributed by atoms with Gasteiger partial charge in [0.05, 0.1) is 12.3 Å². The first-order valence-electron chi connectivity index (χ1n) is 4.22. The molecular formula is C10H17NO. The molecule has 0 saturated carbocycles. The largest absolute Gasteiger partial charge is 0.467 e. The fourth-order valence-electron chi connectivity index (χ4n) is 1.04. The van der Waals surface area contributed by atoms with Gasteiger partial charge in [0, 0.05) is 0 Å². The second kappa shape index (κ2) is 2.94. The minimum Gasteiger partial charge on any atom is -0.467 e. The second-order valence-corrected chi connectivity index (χ2v) is 4.37. The van der Waals surface area contributed by atoms with E-state index in [0.29, 0.717) is 0 Å². The van der Waals surface area contributed by atoms with Gasteiger partial charge in [-0.3, -0.25) is 0 Å². The molecule has 0 aliphatic heterocycles. The van der Waals surface area contributed by atoms with Crippen LogP contribution < -0.4 is 5.73 Å². The van der Waals surface area contributed by atoms with E-state index in [4.69, 9.17) is 10.2 Å². The normalized spacial score (nSPS) is 14.8. The van der Waals surface area contributed by atoms with E-state index in [0.717, 1.165) is 11.3 Å². The maximum absolute atomic E-state index is 5.99. The molecule has 0 spiro atoms. The van der Waals surface area contributed by atoms with Crippen LogP contribution in [0.15, 0.2) is 16.7 Å². The molecule has 68 valence electrons. The fraction of sp³-hybridized carbons (Fsp3) is 0.600. The van der Waals surface area contributed by atoms with Gasteiger partial charge in [-0.05, 0) is 24.0 Å². The highest BCUT2D eigenvalue weighted by atomic mass is 16.3. The van der Waals surface area contributed by atoms with Gasteiger partial charge in [-0.1, -0.05) is 20.8 Å². The molecule has 0 fully saturated rings. The fourth-order valence-corrected chi connectivity index (χ4v) is 1.04. The summed E-state index contributed by atoms with van der Waals surface area (Å²) < 4.78 is 5.33. The number of nitrogens with two attached hydrogens (primary N) is 1. The number of furan rings is 1. The van der Waals surface area contributed by atoms with Gasteiger partial charge >= 0.3 is 0 Å². The van der Waals surface area contributed by atoms with Crippen LogP contribution in [0.25, 0.3) is 0 Å². The molecule has 12 heavy (non-hydrogen) atoms. The Bertz CT molecular complexity index is 257. The molecule has 2 heteroatoms. The average molecular weight is 167 g/mol. The maximum atomic E-state index is 5.99. The molecular weight excluding hydrogens is 150 g/mol. The van der Waals surface area contributed by atoms with Crippen molar-refractivity contribution in [3.8, 4) is 0 Å². The van der Waals surface area contributed by atoms with Crippen molar-refractivity contribution in [1.29, 1.82) is 0 Å². The van der Waals surface area contributed by atoms with Crippen LogP contribution in [0.3, 0.4) is 0 Å². The van der Waals surface area contributed by atoms with Gasteiger partial charge in [0.15, 0.2) is 0 Å². The molecule has 1 heterocycles. The maximum Gasteiger partial charge on any atom is 0.121 e. The summed E-state index contributed by atoms with van der Waals surface area (Å²) in [5.74, 6) is 0.875. The van der Waals surface area contributed by atoms with Crippen LogP contribution in [0.5, 0.6) is 0 Å². The Morgan fingerprint density at radius 3 is 2.33 bits per heavy atom. The van der Waals surface area contributed by atoms with Crippen LogP contribution in [0.2, 0.25) is 0 Å². The SMILES string of the molecule is Cc1coc(C(N)C(C)(C)C)c1. The molecule has 0 aromatic carbocycles. The van der Waals surface area contributed by atoms with Crippen LogP contribution >= 0.6 is 0 Å². The number of hydrogen-bond acceptors (Lipinski definition) is 2. The number of hydrogen-bond donors (Lipinski definition) is 1. The highest BCUT2D eigenvalue weighted by molar-refractivity contribution is 5.14. The molecule has 0 amide bonds. The Morgan fingerprint density at radius 2 is 2.00 bits per heavy atom. The summed E-state index contributed by atoms with van der Waals surface area (Å²) in [5, 5.41) is 0. The average Bonchev–Trinajstić information content (AvgIpc) is 2.32. The summed E-state index contributed by atoms with van der Waals surface area (Å²) in [5.41, 5.74) is 7.18. The van der Waals surface area contributed by atoms with Crippen molar-refractivity contribution in [2.24, 2.45) is 11.1 Å². The standard InChI is InChI=1S/C10H17NO/c1-7-5-8(12-6-7)9(11)10(2,3)4/h5-6,9H,11H2,1-4H3. The third-order valence-electron chi connectivity index (χ3n) is 1.99. The quantitative estimate of drug-likeness (QED) is 0.698. The minimum absolute atomic E-state index is 0.0220. The van der Waals surface area contributed by atoms with Crippen molar-refractivity contribution >= 4 is 0 Å². The molecule has 0 saturated heterocycles. The molecule has 0 bridgehead atoms. The van der Waals surface area contributed by atoms with Gasteiger partial charge in [-0.15, -0.1) is 0 Å². The lowest BCUT2D eigenvalue weighted by Crippen LogP contribution is -2.25. The van der Waals surface area contributed by atoms with Gasteiger partial charge in [0.25, 0.3) is 0 Å². The van der Waals surface area contributed by atoms with Gasteiger partial charge in [-0.2, -0.15) is 0 Å². The zero-order valence-electron chi connectivity index (χ0n) is 8.22. The first kappa shape index (κ1) is 9.33. The third kappa shape index (κ3) is 1.89. The summed E-state index contributed by atoms with van der Waals surface area (Å²) in [4.78, 5) is 0. The van der Waals surface area contributed by atoms with Crippen molar-refractivity contribution in [1.82, 2.24) is 0 Å². The first-order chi connectivity index (χ1) is 5.41. The summed E-state index contributed by atoms with van der Waals surface area (Å²) >= 11 is 0. The van der Waals surface area contributed by atoms with E-state index in [1.54, 1.807) is 6.26 Å². The third-order valence-corrected chi connectivity index (χ3v) is 1.99. The smallest absolute Gasteiger partial charge is 0.121 e. The van der Waals surface area contributed by atoms with Gasteiger partial charge < -0.3 is 10.2 Å². The van der Waals surface area contributed by atoms with E-state index < -0.39 is 0 Å². The Morgan fingerprint density at radius 1 is 1.42 bits per heavy atom. The van der Waals surface area contributed by atoms with E-state index in [1.165, 1.54) is 0 Å². The van der Waals surface area contributed by atoms with Crippen LogP contribution in [0.4, 0.5) is 0 Å². The van der Waals surface area contributed by atoms with Crippen molar-refractivity contribution < 1.29 is 4.42 Å². The monoisotopic (exact) mass is 167 g/mol. The van der Waals surface area contributed by atoms with E-state index in [9.17, 15) is 0 Å². The van der Waals surface area contributed by atoms with Crippen LogP contribution in [0, 0.1) is 12.3 Å². The van der Waals surface area contributed by atoms with Crippen molar-refractivity contribution in [3.05, 3.63) is 23.7 Å². The Kier molecular flexibility index (Phi) is 2.29. The van der Waals surface area contributed by atoms with Gasteiger partial charge in [0.2, 0.25) is 0 Å². The Hall–Kier alpha value is -0.760. The van der Waals surface area contributed by atoms with E-state index >= 15 is 0 Å². The molecule has 1 atom stereocenters. The molecule has 0 aliphatic rings. The Balaban J connectivity index is 2.85. The summed E-state index contributed by atoms with van der Waals surface area (Å²) in [6.07, 6.45) is 1.74. The molecule has 1 rings (SSSR count). The number of aryl methyl sites for hydroxylation is 1. The van der Waals surface area contributed by atoms with Gasteiger partial charge in [-0.25, -0.2) is 0 Å². The van der Waals surface area contributed by atoms with E-state index in [1.807, 2.05) is 13.0 Å². The molecule has 0 radical (unpaired) electrons. The minimum atomic E-state index is -0.0220. The van der Waals surface area contributed by atoms with Crippen LogP contribution in [0.1, 0.15) is 38.1 Å². The predicted molar refractivity (Wildman–Crippen MR) is 49.8 cm³/mol. The van der Waals surface area contributed by atoms with Crippen LogP contribution in [-0.2, 0) is 0 Å². The topological polar surface area (TPSA) is 39.2 Å². The van der Waals surface area contributed by atoms with E-state index in [2.05, 4.69) is 20.8 Å². The highest BCUT2D eigenvalue weighted by Crippen LogP contribution is 2.30. The van der Waals surface area contributed by atoms with Crippen molar-refractivity contribution in [3.63, 3.8) is 0 Å². The summed E-state index contributed by atoms with van der Waals surface area (Å²) in [6, 6.07) is 1.97. The van der Waals surface area contributed by atoms with Gasteiger partial charge in [0.1, 0.15) is 5.76 Å². The molecule has 0 aliphatic carbocycles. The summed E-state index contributed by atoms with van der Waals surface area (Å²) in [7, 11) is 0. The zero-order chi connectivity index (χ0) is 9.35. The van der Waals surface area contributed by atoms with Crippen LogP contribution in [-0.4, -0.2) is 0 Å². The van der Waals surface area contributed by atoms with Crippen molar-refractivity contribution in [2.45, 2.75) is 33.7 Å². The Labute approximate surface area is 73.8 Å². The number of rotatable bonds is 1.